The predicted octanol–water partition coefficient (Wildman–Crippen LogP) is 1.37. The van der Waals surface area contributed by atoms with Crippen molar-refractivity contribution in [1.29, 1.82) is 0 Å². The number of hydrogen-bond donors (Lipinski definition) is 2. The fourth-order valence-corrected chi connectivity index (χ4v) is 3.42. The standard InChI is InChI=1S/C10H13N3O3S2/c1-6(8-11-2-3-18-8)12-10(16)13-5-17-4-7(13)9(14)15/h2-3,6-7H,4-5H2,1H3,(H,12,16)(H,14,15). The summed E-state index contributed by atoms with van der Waals surface area (Å²) in [7, 11) is 0. The summed E-state index contributed by atoms with van der Waals surface area (Å²) in [5.74, 6) is -0.112. The van der Waals surface area contributed by atoms with Crippen molar-refractivity contribution in [3.8, 4) is 0 Å². The lowest BCUT2D eigenvalue weighted by Gasteiger charge is -2.22. The largest absolute Gasteiger partial charge is 0.480 e. The Morgan fingerprint density at radius 3 is 3.06 bits per heavy atom. The molecule has 0 spiro atoms. The second kappa shape index (κ2) is 5.57. The number of carboxylic acid groups (broad SMARTS) is 1. The molecule has 1 saturated heterocycles. The Bertz CT molecular complexity index is 438. The number of hydrogen-bond acceptors (Lipinski definition) is 5. The number of rotatable bonds is 3. The Morgan fingerprint density at radius 2 is 2.44 bits per heavy atom. The molecular weight excluding hydrogens is 274 g/mol. The Kier molecular flexibility index (Phi) is 4.07. The first-order chi connectivity index (χ1) is 8.59. The van der Waals surface area contributed by atoms with Crippen molar-refractivity contribution in [1.82, 2.24) is 15.2 Å². The van der Waals surface area contributed by atoms with E-state index in [0.29, 0.717) is 11.6 Å². The molecule has 98 valence electrons. The molecule has 2 atom stereocenters. The van der Waals surface area contributed by atoms with Gasteiger partial charge in [-0.05, 0) is 6.92 Å². The van der Waals surface area contributed by atoms with Crippen LogP contribution in [-0.4, -0.2) is 44.7 Å². The zero-order valence-corrected chi connectivity index (χ0v) is 11.3. The smallest absolute Gasteiger partial charge is 0.327 e. The zero-order chi connectivity index (χ0) is 13.1. The maximum Gasteiger partial charge on any atom is 0.327 e. The van der Waals surface area contributed by atoms with Crippen LogP contribution >= 0.6 is 23.1 Å². The molecule has 1 aromatic heterocycles. The van der Waals surface area contributed by atoms with Crippen LogP contribution in [0, 0.1) is 0 Å². The summed E-state index contributed by atoms with van der Waals surface area (Å²) in [5, 5.41) is 14.4. The van der Waals surface area contributed by atoms with Crippen LogP contribution in [0.1, 0.15) is 18.0 Å². The first-order valence-corrected chi connectivity index (χ1v) is 7.40. The van der Waals surface area contributed by atoms with Gasteiger partial charge in [-0.15, -0.1) is 23.1 Å². The predicted molar refractivity (Wildman–Crippen MR) is 69.6 cm³/mol. The molecule has 0 bridgehead atoms. The van der Waals surface area contributed by atoms with Crippen LogP contribution in [0.2, 0.25) is 0 Å². The maximum absolute atomic E-state index is 12.0. The number of carboxylic acids is 1. The van der Waals surface area contributed by atoms with Gasteiger partial charge in [0.25, 0.3) is 0 Å². The van der Waals surface area contributed by atoms with Crippen LogP contribution in [-0.2, 0) is 4.79 Å². The molecule has 0 saturated carbocycles. The topological polar surface area (TPSA) is 82.5 Å². The van der Waals surface area contributed by atoms with Gasteiger partial charge in [-0.1, -0.05) is 0 Å². The minimum Gasteiger partial charge on any atom is -0.480 e. The molecule has 2 N–H and O–H groups in total. The Labute approximate surface area is 112 Å². The van der Waals surface area contributed by atoms with Crippen LogP contribution in [0.5, 0.6) is 0 Å². The minimum absolute atomic E-state index is 0.211. The first-order valence-electron chi connectivity index (χ1n) is 5.36. The van der Waals surface area contributed by atoms with E-state index in [1.807, 2.05) is 12.3 Å². The van der Waals surface area contributed by atoms with Gasteiger partial charge < -0.3 is 15.3 Å². The summed E-state index contributed by atoms with van der Waals surface area (Å²) in [4.78, 5) is 28.4. The van der Waals surface area contributed by atoms with Crippen molar-refractivity contribution >= 4 is 35.1 Å². The average molecular weight is 287 g/mol. The molecule has 0 aromatic carbocycles. The summed E-state index contributed by atoms with van der Waals surface area (Å²) >= 11 is 2.90. The van der Waals surface area contributed by atoms with Crippen LogP contribution in [0.4, 0.5) is 4.79 Å². The highest BCUT2D eigenvalue weighted by Gasteiger charge is 2.35. The normalized spacial score (nSPS) is 20.7. The van der Waals surface area contributed by atoms with E-state index in [4.69, 9.17) is 5.11 Å². The number of thiazole rings is 1. The number of urea groups is 1. The van der Waals surface area contributed by atoms with Gasteiger partial charge in [-0.3, -0.25) is 0 Å². The molecular formula is C10H13N3O3S2. The second-order valence-corrected chi connectivity index (χ2v) is 5.79. The van der Waals surface area contributed by atoms with Gasteiger partial charge in [0.15, 0.2) is 0 Å². The molecule has 8 heteroatoms. The molecule has 1 aliphatic rings. The molecule has 2 rings (SSSR count). The molecule has 1 fully saturated rings. The molecule has 1 aromatic rings. The van der Waals surface area contributed by atoms with Gasteiger partial charge >= 0.3 is 12.0 Å². The van der Waals surface area contributed by atoms with Crippen molar-refractivity contribution < 1.29 is 14.7 Å². The first kappa shape index (κ1) is 13.2. The van der Waals surface area contributed by atoms with Crippen LogP contribution in [0.3, 0.4) is 0 Å². The summed E-state index contributed by atoms with van der Waals surface area (Å²) < 4.78 is 0. The number of nitrogens with one attached hydrogen (secondary N) is 1. The highest BCUT2D eigenvalue weighted by molar-refractivity contribution is 7.99. The molecule has 18 heavy (non-hydrogen) atoms. The molecule has 0 radical (unpaired) electrons. The second-order valence-electron chi connectivity index (χ2n) is 3.87. The number of carbonyl (C=O) groups is 2. The van der Waals surface area contributed by atoms with Gasteiger partial charge in [0.2, 0.25) is 0 Å². The van der Waals surface area contributed by atoms with Crippen molar-refractivity contribution in [3.63, 3.8) is 0 Å². The maximum atomic E-state index is 12.0. The molecule has 0 aliphatic carbocycles. The summed E-state index contributed by atoms with van der Waals surface area (Å²) in [6.45, 7) is 1.83. The number of amides is 2. The highest BCUT2D eigenvalue weighted by Crippen LogP contribution is 2.22. The van der Waals surface area contributed by atoms with Crippen LogP contribution in [0.25, 0.3) is 0 Å². The number of aliphatic carboxylic acids is 1. The zero-order valence-electron chi connectivity index (χ0n) is 9.70. The average Bonchev–Trinajstić information content (AvgIpc) is 3.00. The van der Waals surface area contributed by atoms with Crippen LogP contribution in [0.15, 0.2) is 11.6 Å². The fourth-order valence-electron chi connectivity index (χ4n) is 1.63. The van der Waals surface area contributed by atoms with E-state index in [9.17, 15) is 9.59 Å². The Morgan fingerprint density at radius 1 is 1.67 bits per heavy atom. The molecule has 2 heterocycles. The summed E-state index contributed by atoms with van der Waals surface area (Å²) in [5.41, 5.74) is 0. The highest BCUT2D eigenvalue weighted by atomic mass is 32.2. The van der Waals surface area contributed by atoms with E-state index in [-0.39, 0.29) is 12.1 Å². The van der Waals surface area contributed by atoms with Gasteiger partial charge in [0.1, 0.15) is 11.0 Å². The van der Waals surface area contributed by atoms with E-state index >= 15 is 0 Å². The third-order valence-electron chi connectivity index (χ3n) is 2.59. The van der Waals surface area contributed by atoms with E-state index in [1.165, 1.54) is 28.0 Å². The summed E-state index contributed by atoms with van der Waals surface area (Å²) in [6.07, 6.45) is 1.68. The van der Waals surface area contributed by atoms with Crippen molar-refractivity contribution in [2.24, 2.45) is 0 Å². The number of thioether (sulfide) groups is 1. The molecule has 1 aliphatic heterocycles. The lowest BCUT2D eigenvalue weighted by atomic mass is 10.3. The quantitative estimate of drug-likeness (QED) is 0.877. The minimum atomic E-state index is -0.961. The van der Waals surface area contributed by atoms with Crippen molar-refractivity contribution in [2.75, 3.05) is 11.6 Å². The van der Waals surface area contributed by atoms with Gasteiger partial charge in [0.05, 0.1) is 11.9 Å². The number of aromatic nitrogens is 1. The van der Waals surface area contributed by atoms with E-state index in [2.05, 4.69) is 10.3 Å². The van der Waals surface area contributed by atoms with Crippen molar-refractivity contribution in [3.05, 3.63) is 16.6 Å². The molecule has 2 unspecified atom stereocenters. The third kappa shape index (κ3) is 2.75. The SMILES string of the molecule is CC(NC(=O)N1CSCC1C(=O)O)c1nccs1. The van der Waals surface area contributed by atoms with E-state index < -0.39 is 12.0 Å². The lowest BCUT2D eigenvalue weighted by Crippen LogP contribution is -2.47. The third-order valence-corrected chi connectivity index (χ3v) is 4.56. The van der Waals surface area contributed by atoms with E-state index in [1.54, 1.807) is 6.20 Å². The Balaban J connectivity index is 1.97. The summed E-state index contributed by atoms with van der Waals surface area (Å²) in [6, 6.07) is -1.30. The number of carbonyl (C=O) groups excluding carboxylic acids is 1. The fraction of sp³-hybridized carbons (Fsp3) is 0.500. The lowest BCUT2D eigenvalue weighted by molar-refractivity contribution is -0.140. The van der Waals surface area contributed by atoms with Gasteiger partial charge in [-0.2, -0.15) is 0 Å². The van der Waals surface area contributed by atoms with Gasteiger partial charge in [-0.25, -0.2) is 14.6 Å². The van der Waals surface area contributed by atoms with E-state index in [0.717, 1.165) is 5.01 Å². The van der Waals surface area contributed by atoms with Gasteiger partial charge in [0, 0.05) is 17.3 Å². The Hall–Kier alpha value is -1.28. The molecule has 6 nitrogen and oxygen atoms in total. The molecule has 2 amide bonds. The number of nitrogens with zero attached hydrogens (tertiary/aromatic N) is 2. The monoisotopic (exact) mass is 287 g/mol. The van der Waals surface area contributed by atoms with Crippen LogP contribution < -0.4 is 5.32 Å². The van der Waals surface area contributed by atoms with Crippen molar-refractivity contribution in [2.45, 2.75) is 19.0 Å².